The van der Waals surface area contributed by atoms with Gasteiger partial charge >= 0.3 is 0 Å². The van der Waals surface area contributed by atoms with Gasteiger partial charge in [-0.05, 0) is 37.1 Å². The standard InChI is InChI=1S/C10H11N3O2S2/c1-7-3-4-9(5-8(7)2)17(14,15)13-10-11-6-12-16-10/h3-6H,1-2H3,(H,11,12,13). The summed E-state index contributed by atoms with van der Waals surface area (Å²) in [6.07, 6.45) is 1.31. The molecule has 0 saturated heterocycles. The Morgan fingerprint density at radius 1 is 1.24 bits per heavy atom. The summed E-state index contributed by atoms with van der Waals surface area (Å²) < 4.78 is 30.1. The summed E-state index contributed by atoms with van der Waals surface area (Å²) in [7, 11) is -3.56. The summed E-state index contributed by atoms with van der Waals surface area (Å²) in [5.41, 5.74) is 1.99. The number of aromatic nitrogens is 2. The van der Waals surface area contributed by atoms with Gasteiger partial charge in [0.05, 0.1) is 4.90 Å². The Morgan fingerprint density at radius 3 is 2.59 bits per heavy atom. The maximum Gasteiger partial charge on any atom is 0.263 e. The molecule has 0 saturated carbocycles. The van der Waals surface area contributed by atoms with Crippen LogP contribution in [0.2, 0.25) is 0 Å². The molecule has 0 spiro atoms. The molecule has 0 fully saturated rings. The zero-order valence-corrected chi connectivity index (χ0v) is 11.0. The monoisotopic (exact) mass is 269 g/mol. The molecule has 0 bridgehead atoms. The molecule has 0 aliphatic carbocycles. The van der Waals surface area contributed by atoms with Gasteiger partial charge in [-0.25, -0.2) is 13.4 Å². The van der Waals surface area contributed by atoms with Crippen molar-refractivity contribution in [3.05, 3.63) is 35.7 Å². The molecule has 1 N–H and O–H groups in total. The third kappa shape index (κ3) is 2.62. The zero-order chi connectivity index (χ0) is 12.5. The van der Waals surface area contributed by atoms with Crippen LogP contribution in [0, 0.1) is 13.8 Å². The molecule has 0 aliphatic rings. The first-order valence-electron chi connectivity index (χ1n) is 4.86. The molecule has 7 heteroatoms. The van der Waals surface area contributed by atoms with E-state index in [1.165, 1.54) is 6.33 Å². The Labute approximate surface area is 104 Å². The third-order valence-electron chi connectivity index (χ3n) is 2.37. The van der Waals surface area contributed by atoms with Gasteiger partial charge in [0.15, 0.2) is 0 Å². The summed E-state index contributed by atoms with van der Waals surface area (Å²) in [6, 6.07) is 4.99. The molecule has 2 rings (SSSR count). The van der Waals surface area contributed by atoms with E-state index < -0.39 is 10.0 Å². The van der Waals surface area contributed by atoms with Crippen molar-refractivity contribution in [2.24, 2.45) is 0 Å². The Bertz CT molecular complexity index is 621. The molecular weight excluding hydrogens is 258 g/mol. The second-order valence-corrected chi connectivity index (χ2v) is 6.06. The Hall–Kier alpha value is -1.47. The van der Waals surface area contributed by atoms with Gasteiger partial charge in [-0.15, -0.1) is 0 Å². The molecule has 90 valence electrons. The third-order valence-corrected chi connectivity index (χ3v) is 4.42. The lowest BCUT2D eigenvalue weighted by Gasteiger charge is -2.06. The summed E-state index contributed by atoms with van der Waals surface area (Å²) in [5, 5.41) is 0.267. The number of benzene rings is 1. The van der Waals surface area contributed by atoms with Crippen molar-refractivity contribution in [3.63, 3.8) is 0 Å². The van der Waals surface area contributed by atoms with E-state index in [0.29, 0.717) is 0 Å². The van der Waals surface area contributed by atoms with Gasteiger partial charge < -0.3 is 0 Å². The molecule has 0 atom stereocenters. The summed E-state index contributed by atoms with van der Waals surface area (Å²) in [6.45, 7) is 3.81. The molecule has 1 aromatic carbocycles. The normalized spacial score (nSPS) is 11.4. The largest absolute Gasteiger partial charge is 0.263 e. The van der Waals surface area contributed by atoms with Crippen molar-refractivity contribution in [2.45, 2.75) is 18.7 Å². The van der Waals surface area contributed by atoms with Crippen LogP contribution in [0.3, 0.4) is 0 Å². The van der Waals surface area contributed by atoms with E-state index in [1.54, 1.807) is 18.2 Å². The quantitative estimate of drug-likeness (QED) is 0.924. The number of nitrogens with one attached hydrogen (secondary N) is 1. The van der Waals surface area contributed by atoms with Crippen molar-refractivity contribution in [3.8, 4) is 0 Å². The van der Waals surface area contributed by atoms with E-state index in [1.807, 2.05) is 13.8 Å². The average Bonchev–Trinajstić information content (AvgIpc) is 2.73. The van der Waals surface area contributed by atoms with Crippen molar-refractivity contribution < 1.29 is 8.42 Å². The SMILES string of the molecule is Cc1ccc(S(=O)(=O)Nc2ncns2)cc1C. The van der Waals surface area contributed by atoms with Crippen LogP contribution >= 0.6 is 11.5 Å². The minimum atomic E-state index is -3.56. The van der Waals surface area contributed by atoms with Gasteiger partial charge in [-0.3, -0.25) is 4.72 Å². The van der Waals surface area contributed by atoms with Gasteiger partial charge in [0.2, 0.25) is 5.13 Å². The van der Waals surface area contributed by atoms with Crippen molar-refractivity contribution in [1.29, 1.82) is 0 Å². The highest BCUT2D eigenvalue weighted by atomic mass is 32.2. The van der Waals surface area contributed by atoms with E-state index in [2.05, 4.69) is 14.1 Å². The number of hydrogen-bond acceptors (Lipinski definition) is 5. The van der Waals surface area contributed by atoms with Crippen LogP contribution in [0.5, 0.6) is 0 Å². The highest BCUT2D eigenvalue weighted by Crippen LogP contribution is 2.18. The maximum atomic E-state index is 12.0. The molecule has 2 aromatic rings. The van der Waals surface area contributed by atoms with Gasteiger partial charge in [0.1, 0.15) is 6.33 Å². The zero-order valence-electron chi connectivity index (χ0n) is 9.34. The molecular formula is C10H11N3O2S2. The van der Waals surface area contributed by atoms with Crippen molar-refractivity contribution in [1.82, 2.24) is 9.36 Å². The highest BCUT2D eigenvalue weighted by Gasteiger charge is 2.16. The highest BCUT2D eigenvalue weighted by molar-refractivity contribution is 7.93. The van der Waals surface area contributed by atoms with Crippen LogP contribution < -0.4 is 4.72 Å². The van der Waals surface area contributed by atoms with Crippen LogP contribution in [0.1, 0.15) is 11.1 Å². The number of rotatable bonds is 3. The van der Waals surface area contributed by atoms with Gasteiger partial charge in [-0.1, -0.05) is 6.07 Å². The van der Waals surface area contributed by atoms with Crippen LogP contribution in [-0.4, -0.2) is 17.8 Å². The van der Waals surface area contributed by atoms with Gasteiger partial charge in [0.25, 0.3) is 10.0 Å². The van der Waals surface area contributed by atoms with E-state index in [-0.39, 0.29) is 10.0 Å². The lowest BCUT2D eigenvalue weighted by Crippen LogP contribution is -2.13. The molecule has 0 aliphatic heterocycles. The lowest BCUT2D eigenvalue weighted by atomic mass is 10.1. The van der Waals surface area contributed by atoms with Crippen molar-refractivity contribution >= 4 is 26.7 Å². The second kappa shape index (κ2) is 4.42. The lowest BCUT2D eigenvalue weighted by molar-refractivity contribution is 0.601. The fourth-order valence-electron chi connectivity index (χ4n) is 1.27. The summed E-state index contributed by atoms with van der Waals surface area (Å²) >= 11 is 1.00. The Balaban J connectivity index is 2.35. The summed E-state index contributed by atoms with van der Waals surface area (Å²) in [4.78, 5) is 4.02. The first-order valence-corrected chi connectivity index (χ1v) is 7.11. The average molecular weight is 269 g/mol. The molecule has 17 heavy (non-hydrogen) atoms. The summed E-state index contributed by atoms with van der Waals surface area (Å²) in [5.74, 6) is 0. The molecule has 1 heterocycles. The second-order valence-electron chi connectivity index (χ2n) is 3.60. The molecule has 5 nitrogen and oxygen atoms in total. The van der Waals surface area contributed by atoms with Crippen LogP contribution in [0.15, 0.2) is 29.4 Å². The fourth-order valence-corrected chi connectivity index (χ4v) is 3.02. The van der Waals surface area contributed by atoms with Crippen molar-refractivity contribution in [2.75, 3.05) is 4.72 Å². The van der Waals surface area contributed by atoms with Gasteiger partial charge in [-0.2, -0.15) is 4.37 Å². The molecule has 0 unspecified atom stereocenters. The Morgan fingerprint density at radius 2 is 2.00 bits per heavy atom. The number of anilines is 1. The molecule has 1 aromatic heterocycles. The number of aryl methyl sites for hydroxylation is 2. The maximum absolute atomic E-state index is 12.0. The first kappa shape index (κ1) is 12.0. The predicted octanol–water partition coefficient (Wildman–Crippen LogP) is 1.96. The van der Waals surface area contributed by atoms with E-state index in [0.717, 1.165) is 22.7 Å². The van der Waals surface area contributed by atoms with E-state index in [4.69, 9.17) is 0 Å². The van der Waals surface area contributed by atoms with Crippen LogP contribution in [0.4, 0.5) is 5.13 Å². The van der Waals surface area contributed by atoms with Gasteiger partial charge in [0, 0.05) is 11.5 Å². The van der Waals surface area contributed by atoms with E-state index in [9.17, 15) is 8.42 Å². The smallest absolute Gasteiger partial charge is 0.253 e. The molecule has 0 amide bonds. The van der Waals surface area contributed by atoms with Crippen LogP contribution in [0.25, 0.3) is 0 Å². The first-order chi connectivity index (χ1) is 7.99. The topological polar surface area (TPSA) is 72.0 Å². The Kier molecular flexibility index (Phi) is 3.12. The molecule has 0 radical (unpaired) electrons. The number of hydrogen-bond donors (Lipinski definition) is 1. The number of nitrogens with zero attached hydrogens (tertiary/aromatic N) is 2. The minimum Gasteiger partial charge on any atom is -0.253 e. The minimum absolute atomic E-state index is 0.232. The predicted molar refractivity (Wildman–Crippen MR) is 66.6 cm³/mol. The number of sulfonamides is 1. The van der Waals surface area contributed by atoms with Crippen LogP contribution in [-0.2, 0) is 10.0 Å². The fraction of sp³-hybridized carbons (Fsp3) is 0.200. The van der Waals surface area contributed by atoms with E-state index >= 15 is 0 Å².